The van der Waals surface area contributed by atoms with Crippen molar-refractivity contribution in [1.82, 2.24) is 4.98 Å². The van der Waals surface area contributed by atoms with E-state index in [0.29, 0.717) is 0 Å². The fourth-order valence-electron chi connectivity index (χ4n) is 4.65. The van der Waals surface area contributed by atoms with Gasteiger partial charge in [-0.15, -0.1) is 4.00 Å². The first-order valence-electron chi connectivity index (χ1n) is 10.7. The number of fused-ring (bicyclic) bond motifs is 2. The number of carbonyl (C=O) groups is 1. The zero-order chi connectivity index (χ0) is 21.7. The zero-order valence-corrected chi connectivity index (χ0v) is 18.0. The maximum atomic E-state index is 11.1. The molecule has 3 aliphatic rings. The van der Waals surface area contributed by atoms with Crippen LogP contribution in [0.1, 0.15) is 18.4 Å². The van der Waals surface area contributed by atoms with Gasteiger partial charge in [-0.3, -0.25) is 4.99 Å². The Labute approximate surface area is 190 Å². The minimum Gasteiger partial charge on any atom is -0.303 e. The van der Waals surface area contributed by atoms with E-state index in [0.717, 1.165) is 64.1 Å². The van der Waals surface area contributed by atoms with Gasteiger partial charge in [-0.2, -0.15) is 4.99 Å². The van der Waals surface area contributed by atoms with Gasteiger partial charge in [-0.25, -0.2) is 4.98 Å². The number of aliphatic imine (C=N–C) groups is 2. The van der Waals surface area contributed by atoms with Crippen LogP contribution in [0.25, 0.3) is 22.2 Å². The fourth-order valence-corrected chi connectivity index (χ4v) is 4.96. The lowest BCUT2D eigenvalue weighted by atomic mass is 9.73. The van der Waals surface area contributed by atoms with E-state index in [-0.39, 0.29) is 15.8 Å². The van der Waals surface area contributed by atoms with Crippen LogP contribution < -0.4 is 0 Å². The second-order valence-corrected chi connectivity index (χ2v) is 8.99. The first-order valence-corrected chi connectivity index (χ1v) is 11.0. The molecule has 1 atom stereocenters. The number of quaternary nitrogens is 1. The Morgan fingerprint density at radius 3 is 2.62 bits per heavy atom. The summed E-state index contributed by atoms with van der Waals surface area (Å²) in [5.74, 6) is 1.08. The molecule has 2 aliphatic heterocycles. The molecule has 3 aromatic rings. The summed E-state index contributed by atoms with van der Waals surface area (Å²) in [5, 5.41) is 1.06. The van der Waals surface area contributed by atoms with Crippen molar-refractivity contribution in [2.24, 2.45) is 21.8 Å². The monoisotopic (exact) mass is 439 g/mol. The topological polar surface area (TPSA) is 54.7 Å². The number of allylic oxidation sites excluding steroid dienone is 2. The van der Waals surface area contributed by atoms with Gasteiger partial charge in [0.2, 0.25) is 5.70 Å². The predicted molar refractivity (Wildman–Crippen MR) is 127 cm³/mol. The number of amidine groups is 1. The van der Waals surface area contributed by atoms with E-state index in [9.17, 15) is 4.79 Å². The molecule has 1 saturated carbocycles. The maximum absolute atomic E-state index is 11.1. The third-order valence-electron chi connectivity index (χ3n) is 6.48. The summed E-state index contributed by atoms with van der Waals surface area (Å²) in [7, 11) is 0. The predicted octanol–water partition coefficient (Wildman–Crippen LogP) is 5.62. The summed E-state index contributed by atoms with van der Waals surface area (Å²) in [6.07, 6.45) is 8.01. The largest absolute Gasteiger partial charge is 0.303 e. The van der Waals surface area contributed by atoms with Gasteiger partial charge in [0.25, 0.3) is 5.84 Å². The highest BCUT2D eigenvalue weighted by Crippen LogP contribution is 2.46. The molecule has 0 saturated heterocycles. The zero-order valence-electron chi connectivity index (χ0n) is 17.2. The summed E-state index contributed by atoms with van der Waals surface area (Å²) in [5.41, 5.74) is 5.62. The number of rotatable bonds is 4. The van der Waals surface area contributed by atoms with E-state index in [2.05, 4.69) is 35.3 Å². The Kier molecular flexibility index (Phi) is 4.42. The Morgan fingerprint density at radius 1 is 1.00 bits per heavy atom. The summed E-state index contributed by atoms with van der Waals surface area (Å²) in [6, 6.07) is 20.4. The molecule has 1 aliphatic carbocycles. The van der Waals surface area contributed by atoms with Crippen LogP contribution in [0.15, 0.2) is 94.4 Å². The molecule has 0 spiro atoms. The summed E-state index contributed by atoms with van der Waals surface area (Å²) in [6.45, 7) is 0. The standard InChI is InChI=1S/C26H20ClN4O/c27-31-11-10-28-15-24(31)25(21-12-17(13-21)16-32)30-26(31)20-7-6-19-8-9-22(29-23(19)14-20)18-4-2-1-3-5-18/h1-11,14-17,21H,12-13H2/q+1. The van der Waals surface area contributed by atoms with Crippen LogP contribution in [-0.4, -0.2) is 27.3 Å². The fraction of sp³-hybridized carbons (Fsp3) is 0.154. The molecule has 1 fully saturated rings. The third kappa shape index (κ3) is 2.97. The van der Waals surface area contributed by atoms with Gasteiger partial charge in [0, 0.05) is 22.8 Å². The highest BCUT2D eigenvalue weighted by Gasteiger charge is 2.49. The van der Waals surface area contributed by atoms with Crippen LogP contribution in [0.4, 0.5) is 0 Å². The number of nitrogens with zero attached hydrogens (tertiary/aromatic N) is 4. The van der Waals surface area contributed by atoms with E-state index in [1.165, 1.54) is 0 Å². The molecule has 156 valence electrons. The first kappa shape index (κ1) is 19.3. The molecule has 6 rings (SSSR count). The number of carbonyl (C=O) groups excluding carboxylic acids is 1. The summed E-state index contributed by atoms with van der Waals surface area (Å²) >= 11 is 7.12. The minimum absolute atomic E-state index is 0.0367. The van der Waals surface area contributed by atoms with E-state index >= 15 is 0 Å². The lowest BCUT2D eigenvalue weighted by Gasteiger charge is -2.31. The number of aldehydes is 1. The molecule has 0 N–H and O–H groups in total. The van der Waals surface area contributed by atoms with E-state index in [1.807, 2.05) is 36.5 Å². The van der Waals surface area contributed by atoms with Crippen LogP contribution in [0.3, 0.4) is 0 Å². The van der Waals surface area contributed by atoms with Crippen LogP contribution in [0.2, 0.25) is 0 Å². The van der Waals surface area contributed by atoms with Crippen molar-refractivity contribution in [3.63, 3.8) is 0 Å². The van der Waals surface area contributed by atoms with E-state index < -0.39 is 0 Å². The van der Waals surface area contributed by atoms with E-state index in [1.54, 1.807) is 12.4 Å². The molecule has 0 bridgehead atoms. The van der Waals surface area contributed by atoms with Crippen LogP contribution >= 0.6 is 11.8 Å². The SMILES string of the molecule is O=CC1CC(C2=C3C=NC=C[N+]3(Cl)C(c3ccc4ccc(-c5ccccc5)nc4c3)=N2)C1. The van der Waals surface area contributed by atoms with Gasteiger partial charge in [0.1, 0.15) is 18.2 Å². The average molecular weight is 440 g/mol. The third-order valence-corrected chi connectivity index (χ3v) is 6.93. The van der Waals surface area contributed by atoms with Gasteiger partial charge >= 0.3 is 0 Å². The van der Waals surface area contributed by atoms with Gasteiger partial charge < -0.3 is 4.79 Å². The van der Waals surface area contributed by atoms with Gasteiger partial charge in [0.15, 0.2) is 11.8 Å². The molecule has 3 heterocycles. The number of aromatic nitrogens is 1. The molecular weight excluding hydrogens is 420 g/mol. The molecule has 5 nitrogen and oxygen atoms in total. The Bertz CT molecular complexity index is 1370. The van der Waals surface area contributed by atoms with Gasteiger partial charge in [0.05, 0.1) is 29.2 Å². The van der Waals surface area contributed by atoms with Crippen LogP contribution in [0, 0.1) is 11.8 Å². The quantitative estimate of drug-likeness (QED) is 0.391. The normalized spacial score (nSPS) is 26.1. The molecule has 6 heteroatoms. The Balaban J connectivity index is 1.43. The van der Waals surface area contributed by atoms with Crippen LogP contribution in [0.5, 0.6) is 0 Å². The lowest BCUT2D eigenvalue weighted by Crippen LogP contribution is -2.38. The van der Waals surface area contributed by atoms with Crippen molar-refractivity contribution < 1.29 is 8.80 Å². The molecule has 1 unspecified atom stereocenters. The van der Waals surface area contributed by atoms with Crippen molar-refractivity contribution in [3.05, 3.63) is 90.0 Å². The number of benzene rings is 2. The Morgan fingerprint density at radius 2 is 1.81 bits per heavy atom. The molecule has 0 amide bonds. The molecule has 2 aromatic carbocycles. The van der Waals surface area contributed by atoms with Crippen molar-refractivity contribution in [2.75, 3.05) is 0 Å². The number of hydrogen-bond acceptors (Lipinski definition) is 4. The molecular formula is C26H20ClN4O+. The number of halogens is 1. The summed E-state index contributed by atoms with van der Waals surface area (Å²) in [4.78, 5) is 25.3. The molecule has 1 aromatic heterocycles. The van der Waals surface area contributed by atoms with Gasteiger partial charge in [-0.1, -0.05) is 42.5 Å². The molecule has 0 radical (unpaired) electrons. The van der Waals surface area contributed by atoms with Crippen molar-refractivity contribution in [1.29, 1.82) is 0 Å². The lowest BCUT2D eigenvalue weighted by molar-refractivity contribution is -0.600. The Hall–Kier alpha value is -3.41. The maximum Gasteiger partial charge on any atom is 0.263 e. The smallest absolute Gasteiger partial charge is 0.263 e. The molecule has 32 heavy (non-hydrogen) atoms. The van der Waals surface area contributed by atoms with Gasteiger partial charge in [-0.05, 0) is 31.0 Å². The van der Waals surface area contributed by atoms with Crippen molar-refractivity contribution in [2.45, 2.75) is 12.8 Å². The van der Waals surface area contributed by atoms with Crippen LogP contribution in [-0.2, 0) is 4.79 Å². The highest BCUT2D eigenvalue weighted by atomic mass is 35.5. The minimum atomic E-state index is -0.0367. The average Bonchev–Trinajstić information content (AvgIpc) is 3.11. The number of pyridine rings is 1. The second-order valence-electron chi connectivity index (χ2n) is 8.45. The number of hydrogen-bond donors (Lipinski definition) is 0. The van der Waals surface area contributed by atoms with E-state index in [4.69, 9.17) is 21.8 Å². The van der Waals surface area contributed by atoms with Crippen molar-refractivity contribution in [3.8, 4) is 11.3 Å². The second kappa shape index (κ2) is 7.33. The summed E-state index contributed by atoms with van der Waals surface area (Å²) < 4.78 is -0.0367. The highest BCUT2D eigenvalue weighted by molar-refractivity contribution is 6.20. The van der Waals surface area contributed by atoms with Crippen molar-refractivity contribution >= 4 is 41.0 Å². The first-order chi connectivity index (χ1) is 15.7.